The van der Waals surface area contributed by atoms with Gasteiger partial charge in [0.15, 0.2) is 0 Å². The van der Waals surface area contributed by atoms with E-state index in [2.05, 4.69) is 20.6 Å². The number of hydrogen-bond acceptors (Lipinski definition) is 5. The van der Waals surface area contributed by atoms with Crippen molar-refractivity contribution in [1.82, 2.24) is 15.3 Å². The molecule has 0 radical (unpaired) electrons. The molecule has 82 valence electrons. The largest absolute Gasteiger partial charge is 0.368 e. The van der Waals surface area contributed by atoms with Crippen LogP contribution in [0.15, 0.2) is 6.07 Å². The number of carbonyl (C=O) groups excluding carboxylic acids is 1. The zero-order valence-corrected chi connectivity index (χ0v) is 8.87. The van der Waals surface area contributed by atoms with E-state index in [4.69, 9.17) is 5.73 Å². The summed E-state index contributed by atoms with van der Waals surface area (Å²) < 4.78 is 0. The standard InChI is InChI=1S/C9H15N5O/c1-6-5-8(14-9(10)13-6)12-4-3-11-7(2)15/h5H,3-4H2,1-2H3,(H,11,15)(H3,10,12,13,14). The van der Waals surface area contributed by atoms with Crippen molar-refractivity contribution in [3.05, 3.63) is 11.8 Å². The number of hydrogen-bond donors (Lipinski definition) is 3. The molecule has 0 saturated heterocycles. The zero-order chi connectivity index (χ0) is 11.3. The second-order valence-electron chi connectivity index (χ2n) is 3.16. The second kappa shape index (κ2) is 5.14. The van der Waals surface area contributed by atoms with Crippen LogP contribution in [-0.2, 0) is 4.79 Å². The highest BCUT2D eigenvalue weighted by atomic mass is 16.1. The Morgan fingerprint density at radius 1 is 1.47 bits per heavy atom. The van der Waals surface area contributed by atoms with E-state index in [0.29, 0.717) is 18.9 Å². The lowest BCUT2D eigenvalue weighted by atomic mass is 10.4. The smallest absolute Gasteiger partial charge is 0.222 e. The zero-order valence-electron chi connectivity index (χ0n) is 8.87. The van der Waals surface area contributed by atoms with Gasteiger partial charge in [0.1, 0.15) is 5.82 Å². The van der Waals surface area contributed by atoms with Gasteiger partial charge in [-0.05, 0) is 6.92 Å². The monoisotopic (exact) mass is 209 g/mol. The molecule has 15 heavy (non-hydrogen) atoms. The first-order chi connectivity index (χ1) is 7.08. The summed E-state index contributed by atoms with van der Waals surface area (Å²) in [6.07, 6.45) is 0. The number of amides is 1. The molecule has 0 bridgehead atoms. The SMILES string of the molecule is CC(=O)NCCNc1cc(C)nc(N)n1. The van der Waals surface area contributed by atoms with Gasteiger partial charge in [-0.3, -0.25) is 4.79 Å². The Morgan fingerprint density at radius 2 is 2.20 bits per heavy atom. The molecular formula is C9H15N5O. The van der Waals surface area contributed by atoms with Crippen LogP contribution in [0.5, 0.6) is 0 Å². The number of carbonyl (C=O) groups is 1. The first kappa shape index (κ1) is 11.2. The number of nitrogen functional groups attached to an aromatic ring is 1. The molecule has 1 heterocycles. The fourth-order valence-electron chi connectivity index (χ4n) is 1.11. The van der Waals surface area contributed by atoms with Crippen molar-refractivity contribution in [2.75, 3.05) is 24.1 Å². The first-order valence-electron chi connectivity index (χ1n) is 4.67. The van der Waals surface area contributed by atoms with E-state index in [1.807, 2.05) is 6.92 Å². The molecule has 0 aliphatic rings. The molecule has 1 rings (SSSR count). The highest BCUT2D eigenvalue weighted by Crippen LogP contribution is 2.05. The molecule has 0 saturated carbocycles. The van der Waals surface area contributed by atoms with E-state index in [9.17, 15) is 4.79 Å². The van der Waals surface area contributed by atoms with Crippen LogP contribution in [0.25, 0.3) is 0 Å². The average Bonchev–Trinajstić information content (AvgIpc) is 2.10. The highest BCUT2D eigenvalue weighted by molar-refractivity contribution is 5.72. The predicted molar refractivity (Wildman–Crippen MR) is 58.4 cm³/mol. The van der Waals surface area contributed by atoms with Gasteiger partial charge in [0.05, 0.1) is 0 Å². The number of anilines is 2. The minimum atomic E-state index is -0.0461. The van der Waals surface area contributed by atoms with Crippen molar-refractivity contribution in [1.29, 1.82) is 0 Å². The van der Waals surface area contributed by atoms with E-state index in [-0.39, 0.29) is 11.9 Å². The lowest BCUT2D eigenvalue weighted by Gasteiger charge is -2.06. The quantitative estimate of drug-likeness (QED) is 0.603. The van der Waals surface area contributed by atoms with Crippen LogP contribution in [0, 0.1) is 6.92 Å². The van der Waals surface area contributed by atoms with Gasteiger partial charge in [-0.25, -0.2) is 4.98 Å². The summed E-state index contributed by atoms with van der Waals surface area (Å²) in [6.45, 7) is 4.48. The molecular weight excluding hydrogens is 194 g/mol. The topological polar surface area (TPSA) is 92.9 Å². The van der Waals surface area contributed by atoms with Gasteiger partial charge in [-0.15, -0.1) is 0 Å². The molecule has 1 amide bonds. The number of nitrogens with zero attached hydrogens (tertiary/aromatic N) is 2. The number of aromatic nitrogens is 2. The predicted octanol–water partition coefficient (Wildman–Crippen LogP) is -0.0848. The van der Waals surface area contributed by atoms with Crippen LogP contribution >= 0.6 is 0 Å². The molecule has 0 aliphatic carbocycles. The Balaban J connectivity index is 2.40. The molecule has 0 atom stereocenters. The first-order valence-corrected chi connectivity index (χ1v) is 4.67. The molecule has 0 spiro atoms. The van der Waals surface area contributed by atoms with E-state index in [0.717, 1.165) is 5.69 Å². The molecule has 6 nitrogen and oxygen atoms in total. The lowest BCUT2D eigenvalue weighted by molar-refractivity contribution is -0.118. The molecule has 6 heteroatoms. The van der Waals surface area contributed by atoms with Crippen LogP contribution in [0.3, 0.4) is 0 Å². The van der Waals surface area contributed by atoms with Gasteiger partial charge < -0.3 is 16.4 Å². The van der Waals surface area contributed by atoms with E-state index < -0.39 is 0 Å². The summed E-state index contributed by atoms with van der Waals surface area (Å²) in [5.41, 5.74) is 6.29. The van der Waals surface area contributed by atoms with Crippen LogP contribution in [0.1, 0.15) is 12.6 Å². The maximum atomic E-state index is 10.6. The fourth-order valence-corrected chi connectivity index (χ4v) is 1.11. The van der Waals surface area contributed by atoms with Crippen molar-refractivity contribution in [2.24, 2.45) is 0 Å². The summed E-state index contributed by atoms with van der Waals surface area (Å²) in [7, 11) is 0. The van der Waals surface area contributed by atoms with Crippen molar-refractivity contribution in [2.45, 2.75) is 13.8 Å². The Hall–Kier alpha value is -1.85. The Bertz CT molecular complexity index is 332. The van der Waals surface area contributed by atoms with Gasteiger partial charge >= 0.3 is 0 Å². The Kier molecular flexibility index (Phi) is 3.84. The van der Waals surface area contributed by atoms with Crippen molar-refractivity contribution >= 4 is 17.7 Å². The number of rotatable bonds is 4. The summed E-state index contributed by atoms with van der Waals surface area (Å²) in [6, 6.07) is 1.80. The van der Waals surface area contributed by atoms with Crippen molar-refractivity contribution in [3.63, 3.8) is 0 Å². The van der Waals surface area contributed by atoms with Crippen molar-refractivity contribution < 1.29 is 4.79 Å². The summed E-state index contributed by atoms with van der Waals surface area (Å²) in [5.74, 6) is 0.873. The number of aryl methyl sites for hydroxylation is 1. The third-order valence-electron chi connectivity index (χ3n) is 1.68. The van der Waals surface area contributed by atoms with E-state index in [1.54, 1.807) is 6.07 Å². The second-order valence-corrected chi connectivity index (χ2v) is 3.16. The van der Waals surface area contributed by atoms with Crippen LogP contribution in [0.2, 0.25) is 0 Å². The molecule has 1 aromatic rings. The van der Waals surface area contributed by atoms with Gasteiger partial charge in [-0.2, -0.15) is 4.98 Å². The summed E-state index contributed by atoms with van der Waals surface area (Å²) >= 11 is 0. The minimum absolute atomic E-state index is 0.0461. The summed E-state index contributed by atoms with van der Waals surface area (Å²) in [5, 5.41) is 5.70. The molecule has 0 aromatic carbocycles. The third-order valence-corrected chi connectivity index (χ3v) is 1.68. The van der Waals surface area contributed by atoms with E-state index in [1.165, 1.54) is 6.92 Å². The number of nitrogens with one attached hydrogen (secondary N) is 2. The van der Waals surface area contributed by atoms with Gasteiger partial charge in [0.25, 0.3) is 0 Å². The Morgan fingerprint density at radius 3 is 2.80 bits per heavy atom. The van der Waals surface area contributed by atoms with Crippen LogP contribution < -0.4 is 16.4 Å². The maximum absolute atomic E-state index is 10.6. The highest BCUT2D eigenvalue weighted by Gasteiger charge is 1.98. The van der Waals surface area contributed by atoms with Crippen LogP contribution in [-0.4, -0.2) is 29.0 Å². The molecule has 4 N–H and O–H groups in total. The summed E-state index contributed by atoms with van der Waals surface area (Å²) in [4.78, 5) is 18.5. The average molecular weight is 209 g/mol. The molecule has 0 fully saturated rings. The molecule has 0 unspecified atom stereocenters. The third kappa shape index (κ3) is 4.26. The fraction of sp³-hybridized carbons (Fsp3) is 0.444. The van der Waals surface area contributed by atoms with Crippen LogP contribution in [0.4, 0.5) is 11.8 Å². The van der Waals surface area contributed by atoms with Crippen molar-refractivity contribution in [3.8, 4) is 0 Å². The maximum Gasteiger partial charge on any atom is 0.222 e. The minimum Gasteiger partial charge on any atom is -0.368 e. The van der Waals surface area contributed by atoms with Gasteiger partial charge in [0.2, 0.25) is 11.9 Å². The normalized spacial score (nSPS) is 9.73. The molecule has 0 aliphatic heterocycles. The van der Waals surface area contributed by atoms with Gasteiger partial charge in [-0.1, -0.05) is 0 Å². The van der Waals surface area contributed by atoms with Gasteiger partial charge in [0, 0.05) is 31.8 Å². The molecule has 1 aromatic heterocycles. The van der Waals surface area contributed by atoms with E-state index >= 15 is 0 Å². The Labute approximate surface area is 88.3 Å². The lowest BCUT2D eigenvalue weighted by Crippen LogP contribution is -2.26. The number of nitrogens with two attached hydrogens (primary N) is 1.